The molecule has 0 heteroatoms. The smallest absolute Gasteiger partial charge is 0.00576 e. The highest BCUT2D eigenvalue weighted by atomic mass is 14.3. The van der Waals surface area contributed by atoms with E-state index in [2.05, 4.69) is 42.5 Å². The maximum Gasteiger partial charge on any atom is 0.00576 e. The van der Waals surface area contributed by atoms with Crippen LogP contribution in [0, 0.1) is 5.92 Å². The van der Waals surface area contributed by atoms with Crippen LogP contribution in [0.25, 0.3) is 11.6 Å². The van der Waals surface area contributed by atoms with Crippen molar-refractivity contribution in [3.05, 3.63) is 58.7 Å². The highest BCUT2D eigenvalue weighted by molar-refractivity contribution is 5.96. The summed E-state index contributed by atoms with van der Waals surface area (Å²) < 4.78 is 0. The molecule has 0 aromatic heterocycles. The third-order valence-electron chi connectivity index (χ3n) is 4.87. The van der Waals surface area contributed by atoms with Crippen LogP contribution in [0.3, 0.4) is 0 Å². The summed E-state index contributed by atoms with van der Waals surface area (Å²) in [6, 6.07) is 8.84. The second-order valence-electron chi connectivity index (χ2n) is 6.01. The Balaban J connectivity index is 1.78. The van der Waals surface area contributed by atoms with Crippen molar-refractivity contribution in [1.82, 2.24) is 0 Å². The lowest BCUT2D eigenvalue weighted by molar-refractivity contribution is 0.506. The number of allylic oxidation sites excluding steroid dienone is 5. The number of fused-ring (bicyclic) bond motifs is 5. The Hall–Kier alpha value is -1.56. The van der Waals surface area contributed by atoms with Gasteiger partial charge in [-0.05, 0) is 47.6 Å². The van der Waals surface area contributed by atoms with Gasteiger partial charge in [0.25, 0.3) is 0 Å². The quantitative estimate of drug-likeness (QED) is 0.578. The van der Waals surface area contributed by atoms with E-state index in [-0.39, 0.29) is 0 Å². The van der Waals surface area contributed by atoms with Crippen molar-refractivity contribution < 1.29 is 0 Å². The fourth-order valence-electron chi connectivity index (χ4n) is 3.88. The van der Waals surface area contributed by atoms with Crippen LogP contribution >= 0.6 is 0 Å². The van der Waals surface area contributed by atoms with E-state index in [1.165, 1.54) is 55.2 Å². The Morgan fingerprint density at radius 3 is 2.79 bits per heavy atom. The van der Waals surface area contributed by atoms with E-state index in [9.17, 15) is 0 Å². The standard InChI is InChI=1S/C19H20/c1-2-4-9-16-14(7-3-1)11-12-18-17-10-6-5-8-15(17)13-19(16)18/h5-6,8,10-13,16H,1-4,7,9H2. The van der Waals surface area contributed by atoms with Gasteiger partial charge >= 0.3 is 0 Å². The van der Waals surface area contributed by atoms with Gasteiger partial charge in [0.05, 0.1) is 0 Å². The molecule has 0 N–H and O–H groups in total. The highest BCUT2D eigenvalue weighted by Crippen LogP contribution is 2.47. The minimum absolute atomic E-state index is 0.702. The fraction of sp³-hybridized carbons (Fsp3) is 0.368. The third kappa shape index (κ3) is 1.82. The Bertz CT molecular complexity index is 598. The molecule has 0 saturated heterocycles. The van der Waals surface area contributed by atoms with Crippen molar-refractivity contribution in [3.8, 4) is 0 Å². The molecule has 19 heavy (non-hydrogen) atoms. The van der Waals surface area contributed by atoms with E-state index in [0.29, 0.717) is 5.92 Å². The molecule has 0 nitrogen and oxygen atoms in total. The molecule has 0 spiro atoms. The Morgan fingerprint density at radius 1 is 0.895 bits per heavy atom. The molecule has 96 valence electrons. The molecule has 1 unspecified atom stereocenters. The van der Waals surface area contributed by atoms with E-state index in [1.54, 1.807) is 11.1 Å². The number of hydrogen-bond donors (Lipinski definition) is 0. The Labute approximate surface area is 115 Å². The van der Waals surface area contributed by atoms with Crippen LogP contribution in [0.4, 0.5) is 0 Å². The van der Waals surface area contributed by atoms with Crippen LogP contribution in [-0.2, 0) is 0 Å². The van der Waals surface area contributed by atoms with Gasteiger partial charge in [-0.2, -0.15) is 0 Å². The summed E-state index contributed by atoms with van der Waals surface area (Å²) >= 11 is 0. The molecular formula is C19H20. The van der Waals surface area contributed by atoms with Crippen molar-refractivity contribution in [1.29, 1.82) is 0 Å². The fourth-order valence-corrected chi connectivity index (χ4v) is 3.88. The molecule has 0 amide bonds. The van der Waals surface area contributed by atoms with Crippen molar-refractivity contribution in [3.63, 3.8) is 0 Å². The van der Waals surface area contributed by atoms with Crippen molar-refractivity contribution in [2.45, 2.75) is 38.5 Å². The van der Waals surface area contributed by atoms with Gasteiger partial charge in [0.2, 0.25) is 0 Å². The molecule has 3 aliphatic rings. The highest BCUT2D eigenvalue weighted by Gasteiger charge is 2.29. The van der Waals surface area contributed by atoms with Gasteiger partial charge in [-0.1, -0.05) is 61.3 Å². The zero-order chi connectivity index (χ0) is 12.7. The summed E-state index contributed by atoms with van der Waals surface area (Å²) in [5, 5.41) is 0. The van der Waals surface area contributed by atoms with Crippen molar-refractivity contribution in [2.75, 3.05) is 0 Å². The van der Waals surface area contributed by atoms with Gasteiger partial charge in [0, 0.05) is 5.92 Å². The molecule has 1 aromatic rings. The minimum Gasteiger partial charge on any atom is -0.0627 e. The SMILES string of the molecule is C1=C2C(=Cc3ccccc32)C2CCCCCCC2=C1. The third-order valence-corrected chi connectivity index (χ3v) is 4.87. The summed E-state index contributed by atoms with van der Waals surface area (Å²) in [6.07, 6.45) is 15.5. The predicted molar refractivity (Wildman–Crippen MR) is 81.7 cm³/mol. The summed E-state index contributed by atoms with van der Waals surface area (Å²) in [6.45, 7) is 0. The van der Waals surface area contributed by atoms with E-state index in [1.807, 2.05) is 0 Å². The first-order chi connectivity index (χ1) is 9.43. The first kappa shape index (κ1) is 11.3. The molecule has 1 aromatic carbocycles. The number of hydrogen-bond acceptors (Lipinski definition) is 0. The summed E-state index contributed by atoms with van der Waals surface area (Å²) in [4.78, 5) is 0. The molecule has 1 atom stereocenters. The van der Waals surface area contributed by atoms with E-state index in [0.717, 1.165) is 0 Å². The zero-order valence-electron chi connectivity index (χ0n) is 11.4. The van der Waals surface area contributed by atoms with Crippen LogP contribution in [0.15, 0.2) is 47.6 Å². The maximum atomic E-state index is 2.44. The molecule has 0 aliphatic heterocycles. The van der Waals surface area contributed by atoms with Gasteiger partial charge in [-0.15, -0.1) is 0 Å². The summed E-state index contributed by atoms with van der Waals surface area (Å²) in [5.41, 5.74) is 7.63. The second-order valence-corrected chi connectivity index (χ2v) is 6.01. The van der Waals surface area contributed by atoms with Crippen LogP contribution in [0.5, 0.6) is 0 Å². The molecule has 0 radical (unpaired) electrons. The first-order valence-corrected chi connectivity index (χ1v) is 7.65. The second kappa shape index (κ2) is 4.52. The average Bonchev–Trinajstić information content (AvgIpc) is 2.77. The normalized spacial score (nSPS) is 25.1. The van der Waals surface area contributed by atoms with Gasteiger partial charge in [-0.25, -0.2) is 0 Å². The van der Waals surface area contributed by atoms with Gasteiger partial charge in [0.15, 0.2) is 0 Å². The Kier molecular flexibility index (Phi) is 2.69. The van der Waals surface area contributed by atoms with E-state index >= 15 is 0 Å². The molecule has 0 bridgehead atoms. The summed E-state index contributed by atoms with van der Waals surface area (Å²) in [5.74, 6) is 0.702. The lowest BCUT2D eigenvalue weighted by Gasteiger charge is -2.28. The Morgan fingerprint density at radius 2 is 1.79 bits per heavy atom. The van der Waals surface area contributed by atoms with Crippen LogP contribution in [-0.4, -0.2) is 0 Å². The van der Waals surface area contributed by atoms with Crippen molar-refractivity contribution >= 4 is 11.6 Å². The predicted octanol–water partition coefficient (Wildman–Crippen LogP) is 5.38. The lowest BCUT2D eigenvalue weighted by Crippen LogP contribution is -2.12. The monoisotopic (exact) mass is 248 g/mol. The zero-order valence-corrected chi connectivity index (χ0v) is 11.4. The number of benzene rings is 1. The van der Waals surface area contributed by atoms with E-state index in [4.69, 9.17) is 0 Å². The van der Waals surface area contributed by atoms with Crippen LogP contribution in [0.2, 0.25) is 0 Å². The number of rotatable bonds is 0. The molecule has 1 saturated carbocycles. The minimum atomic E-state index is 0.702. The van der Waals surface area contributed by atoms with Gasteiger partial charge in [0.1, 0.15) is 0 Å². The summed E-state index contributed by atoms with van der Waals surface area (Å²) in [7, 11) is 0. The van der Waals surface area contributed by atoms with Crippen molar-refractivity contribution in [2.24, 2.45) is 5.92 Å². The van der Waals surface area contributed by atoms with Gasteiger partial charge in [-0.3, -0.25) is 0 Å². The van der Waals surface area contributed by atoms with Gasteiger partial charge < -0.3 is 0 Å². The molecular weight excluding hydrogens is 228 g/mol. The van der Waals surface area contributed by atoms with E-state index < -0.39 is 0 Å². The molecule has 4 rings (SSSR count). The van der Waals surface area contributed by atoms with Crippen LogP contribution in [0.1, 0.15) is 49.7 Å². The molecule has 0 heterocycles. The molecule has 3 aliphatic carbocycles. The maximum absolute atomic E-state index is 2.44. The topological polar surface area (TPSA) is 0 Å². The first-order valence-electron chi connectivity index (χ1n) is 7.65. The molecule has 1 fully saturated rings. The average molecular weight is 248 g/mol. The lowest BCUT2D eigenvalue weighted by atomic mass is 9.76. The van der Waals surface area contributed by atoms with Crippen LogP contribution < -0.4 is 0 Å². The largest absolute Gasteiger partial charge is 0.0627 e.